The Labute approximate surface area is 79.9 Å². The third-order valence-corrected chi connectivity index (χ3v) is 2.21. The normalized spacial score (nSPS) is 10.7. The predicted molar refractivity (Wildman–Crippen MR) is 54.7 cm³/mol. The zero-order valence-corrected chi connectivity index (χ0v) is 8.58. The third-order valence-electron chi connectivity index (χ3n) is 2.21. The van der Waals surface area contributed by atoms with E-state index < -0.39 is 0 Å². The van der Waals surface area contributed by atoms with Crippen LogP contribution in [0.25, 0.3) is 0 Å². The maximum Gasteiger partial charge on any atom is 0.0624 e. The molecule has 0 atom stereocenters. The summed E-state index contributed by atoms with van der Waals surface area (Å²) in [6.07, 6.45) is 3.12. The molecule has 0 saturated carbocycles. The number of rotatable bonds is 5. The van der Waals surface area contributed by atoms with Crippen molar-refractivity contribution >= 4 is 0 Å². The predicted octanol–water partition coefficient (Wildman–Crippen LogP) is 1.36. The quantitative estimate of drug-likeness (QED) is 0.745. The molecule has 2 N–H and O–H groups in total. The molecule has 0 bridgehead atoms. The summed E-state index contributed by atoms with van der Waals surface area (Å²) in [6.45, 7) is 5.98. The number of hydrogen-bond acceptors (Lipinski definition) is 2. The van der Waals surface area contributed by atoms with E-state index in [9.17, 15) is 0 Å². The molecule has 3 nitrogen and oxygen atoms in total. The highest BCUT2D eigenvalue weighted by Crippen LogP contribution is 2.07. The van der Waals surface area contributed by atoms with Gasteiger partial charge in [0.2, 0.25) is 0 Å². The first-order valence-corrected chi connectivity index (χ1v) is 5.07. The summed E-state index contributed by atoms with van der Waals surface area (Å²) in [6, 6.07) is 2.19. The van der Waals surface area contributed by atoms with Crippen LogP contribution in [0.15, 0.2) is 6.07 Å². The van der Waals surface area contributed by atoms with Crippen molar-refractivity contribution in [1.29, 1.82) is 0 Å². The fourth-order valence-electron chi connectivity index (χ4n) is 1.45. The van der Waals surface area contributed by atoms with E-state index in [1.807, 2.05) is 0 Å². The van der Waals surface area contributed by atoms with E-state index in [0.29, 0.717) is 0 Å². The molecule has 74 valence electrons. The van der Waals surface area contributed by atoms with Crippen LogP contribution in [0.1, 0.15) is 31.7 Å². The van der Waals surface area contributed by atoms with Gasteiger partial charge in [0.1, 0.15) is 0 Å². The molecule has 0 saturated heterocycles. The molecular weight excluding hydrogens is 162 g/mol. The van der Waals surface area contributed by atoms with E-state index in [-0.39, 0.29) is 0 Å². The largest absolute Gasteiger partial charge is 0.330 e. The maximum absolute atomic E-state index is 5.48. The lowest BCUT2D eigenvalue weighted by Gasteiger charge is -2.02. The summed E-state index contributed by atoms with van der Waals surface area (Å²) >= 11 is 0. The van der Waals surface area contributed by atoms with Crippen molar-refractivity contribution in [2.24, 2.45) is 5.73 Å². The summed E-state index contributed by atoms with van der Waals surface area (Å²) < 4.78 is 2.08. The molecule has 0 aromatic carbocycles. The Morgan fingerprint density at radius 2 is 2.23 bits per heavy atom. The van der Waals surface area contributed by atoms with Gasteiger partial charge in [-0.3, -0.25) is 4.68 Å². The number of aromatic nitrogens is 2. The van der Waals surface area contributed by atoms with Gasteiger partial charge in [-0.25, -0.2) is 0 Å². The van der Waals surface area contributed by atoms with Gasteiger partial charge in [0, 0.05) is 12.2 Å². The smallest absolute Gasteiger partial charge is 0.0624 e. The molecule has 0 spiro atoms. The number of nitrogens with zero attached hydrogens (tertiary/aromatic N) is 2. The van der Waals surface area contributed by atoms with Crippen LogP contribution in [0, 0.1) is 0 Å². The molecule has 1 aromatic rings. The number of nitrogens with two attached hydrogens (primary N) is 1. The maximum atomic E-state index is 5.48. The Hall–Kier alpha value is -0.830. The first-order chi connectivity index (χ1) is 6.31. The molecule has 0 aliphatic carbocycles. The molecular formula is C10H19N3. The van der Waals surface area contributed by atoms with E-state index in [2.05, 4.69) is 29.7 Å². The monoisotopic (exact) mass is 181 g/mol. The molecule has 1 heterocycles. The Morgan fingerprint density at radius 1 is 1.46 bits per heavy atom. The average molecular weight is 181 g/mol. The number of hydrogen-bond donors (Lipinski definition) is 1. The van der Waals surface area contributed by atoms with Crippen molar-refractivity contribution in [2.75, 3.05) is 6.54 Å². The molecule has 0 unspecified atom stereocenters. The van der Waals surface area contributed by atoms with E-state index >= 15 is 0 Å². The zero-order valence-electron chi connectivity index (χ0n) is 8.58. The summed E-state index contributed by atoms with van der Waals surface area (Å²) in [5.74, 6) is 0. The second-order valence-electron chi connectivity index (χ2n) is 3.19. The van der Waals surface area contributed by atoms with Gasteiger partial charge >= 0.3 is 0 Å². The topological polar surface area (TPSA) is 43.8 Å². The number of aryl methyl sites for hydroxylation is 3. The summed E-state index contributed by atoms with van der Waals surface area (Å²) in [5, 5.41) is 4.48. The van der Waals surface area contributed by atoms with Crippen molar-refractivity contribution in [3.8, 4) is 0 Å². The molecule has 1 aromatic heterocycles. The third kappa shape index (κ3) is 2.56. The Bertz CT molecular complexity index is 253. The van der Waals surface area contributed by atoms with E-state index in [4.69, 9.17) is 5.73 Å². The first kappa shape index (κ1) is 10.3. The van der Waals surface area contributed by atoms with Crippen LogP contribution in [0.3, 0.4) is 0 Å². The van der Waals surface area contributed by atoms with E-state index in [1.54, 1.807) is 0 Å². The van der Waals surface area contributed by atoms with Crippen molar-refractivity contribution < 1.29 is 0 Å². The average Bonchev–Trinajstić information content (AvgIpc) is 2.57. The minimum Gasteiger partial charge on any atom is -0.330 e. The van der Waals surface area contributed by atoms with Gasteiger partial charge in [-0.15, -0.1) is 0 Å². The lowest BCUT2D eigenvalue weighted by atomic mass is 10.2. The standard InChI is InChI=1S/C10H19N3/c1-3-9-8-10(6-5-7-11)13(4-2)12-9/h8H,3-7,11H2,1-2H3. The van der Waals surface area contributed by atoms with Crippen molar-refractivity contribution in [1.82, 2.24) is 9.78 Å². The zero-order chi connectivity index (χ0) is 9.68. The van der Waals surface area contributed by atoms with Gasteiger partial charge < -0.3 is 5.73 Å². The molecule has 1 rings (SSSR count). The fourth-order valence-corrected chi connectivity index (χ4v) is 1.45. The minimum absolute atomic E-state index is 0.760. The molecule has 0 radical (unpaired) electrons. The summed E-state index contributed by atoms with van der Waals surface area (Å²) in [5.41, 5.74) is 7.99. The lowest BCUT2D eigenvalue weighted by Crippen LogP contribution is -2.06. The van der Waals surface area contributed by atoms with Crippen LogP contribution in [-0.2, 0) is 19.4 Å². The highest BCUT2D eigenvalue weighted by atomic mass is 15.3. The van der Waals surface area contributed by atoms with Crippen LogP contribution in [-0.4, -0.2) is 16.3 Å². The molecule has 0 amide bonds. The van der Waals surface area contributed by atoms with Crippen molar-refractivity contribution in [3.05, 3.63) is 17.5 Å². The van der Waals surface area contributed by atoms with Gasteiger partial charge in [-0.2, -0.15) is 5.10 Å². The van der Waals surface area contributed by atoms with Crippen LogP contribution >= 0.6 is 0 Å². The fraction of sp³-hybridized carbons (Fsp3) is 0.700. The van der Waals surface area contributed by atoms with Gasteiger partial charge in [0.25, 0.3) is 0 Å². The van der Waals surface area contributed by atoms with Crippen LogP contribution < -0.4 is 5.73 Å². The first-order valence-electron chi connectivity index (χ1n) is 5.07. The van der Waals surface area contributed by atoms with Crippen LogP contribution in [0.5, 0.6) is 0 Å². The Morgan fingerprint density at radius 3 is 2.77 bits per heavy atom. The molecule has 13 heavy (non-hydrogen) atoms. The van der Waals surface area contributed by atoms with Crippen LogP contribution in [0.4, 0.5) is 0 Å². The summed E-state index contributed by atoms with van der Waals surface area (Å²) in [4.78, 5) is 0. The molecule has 3 heteroatoms. The second-order valence-corrected chi connectivity index (χ2v) is 3.19. The lowest BCUT2D eigenvalue weighted by molar-refractivity contribution is 0.605. The minimum atomic E-state index is 0.760. The second kappa shape index (κ2) is 5.02. The van der Waals surface area contributed by atoms with Crippen molar-refractivity contribution in [3.63, 3.8) is 0 Å². The highest BCUT2D eigenvalue weighted by Gasteiger charge is 2.03. The van der Waals surface area contributed by atoms with E-state index in [1.165, 1.54) is 11.4 Å². The summed E-state index contributed by atoms with van der Waals surface area (Å²) in [7, 11) is 0. The van der Waals surface area contributed by atoms with Crippen molar-refractivity contribution in [2.45, 2.75) is 39.7 Å². The van der Waals surface area contributed by atoms with Gasteiger partial charge in [-0.05, 0) is 38.8 Å². The SMILES string of the molecule is CCc1cc(CCCN)n(CC)n1. The Balaban J connectivity index is 2.71. The highest BCUT2D eigenvalue weighted by molar-refractivity contribution is 5.10. The van der Waals surface area contributed by atoms with Gasteiger partial charge in [-0.1, -0.05) is 6.92 Å². The molecule has 0 aliphatic rings. The van der Waals surface area contributed by atoms with Gasteiger partial charge in [0.15, 0.2) is 0 Å². The molecule has 0 aliphatic heterocycles. The van der Waals surface area contributed by atoms with Crippen LogP contribution in [0.2, 0.25) is 0 Å². The Kier molecular flexibility index (Phi) is 3.96. The molecule has 0 fully saturated rings. The van der Waals surface area contributed by atoms with Gasteiger partial charge in [0.05, 0.1) is 5.69 Å². The van der Waals surface area contributed by atoms with E-state index in [0.717, 1.165) is 32.4 Å².